The molecule has 2 aromatic carbocycles. The molecule has 150 valence electrons. The van der Waals surface area contributed by atoms with E-state index in [0.717, 1.165) is 5.56 Å². The van der Waals surface area contributed by atoms with E-state index in [-0.39, 0.29) is 25.1 Å². The lowest BCUT2D eigenvalue weighted by Crippen LogP contribution is -2.36. The largest absolute Gasteiger partial charge is 0.484 e. The van der Waals surface area contributed by atoms with Gasteiger partial charge in [-0.1, -0.05) is 18.2 Å². The zero-order valence-electron chi connectivity index (χ0n) is 14.8. The number of carbonyl (C=O) groups is 1. The molecule has 0 saturated heterocycles. The zero-order chi connectivity index (χ0) is 20.0. The molecule has 0 saturated carbocycles. The number of halogens is 3. The van der Waals surface area contributed by atoms with Crippen molar-refractivity contribution in [2.75, 3.05) is 19.9 Å². The third kappa shape index (κ3) is 5.97. The molecule has 1 heterocycles. The highest BCUT2D eigenvalue weighted by atomic mass is 19.4. The van der Waals surface area contributed by atoms with E-state index in [0.29, 0.717) is 30.0 Å². The first-order valence-corrected chi connectivity index (χ1v) is 8.58. The van der Waals surface area contributed by atoms with Crippen LogP contribution in [0.4, 0.5) is 18.0 Å². The Bertz CT molecular complexity index is 827. The molecule has 1 aliphatic heterocycles. The molecule has 9 heteroatoms. The number of ether oxygens (including phenoxy) is 3. The van der Waals surface area contributed by atoms with Crippen LogP contribution >= 0.6 is 0 Å². The van der Waals surface area contributed by atoms with Crippen LogP contribution in [0.2, 0.25) is 0 Å². The second-order valence-electron chi connectivity index (χ2n) is 6.10. The molecule has 2 amide bonds. The minimum atomic E-state index is -4.40. The fraction of sp³-hybridized carbons (Fsp3) is 0.316. The van der Waals surface area contributed by atoms with Crippen molar-refractivity contribution < 1.29 is 32.2 Å². The van der Waals surface area contributed by atoms with E-state index in [4.69, 9.17) is 14.2 Å². The summed E-state index contributed by atoms with van der Waals surface area (Å²) in [7, 11) is 0. The van der Waals surface area contributed by atoms with Crippen molar-refractivity contribution in [2.24, 2.45) is 0 Å². The van der Waals surface area contributed by atoms with Gasteiger partial charge >= 0.3 is 12.2 Å². The Morgan fingerprint density at radius 2 is 1.86 bits per heavy atom. The molecule has 0 radical (unpaired) electrons. The van der Waals surface area contributed by atoms with E-state index < -0.39 is 12.8 Å². The Morgan fingerprint density at radius 1 is 1.04 bits per heavy atom. The second kappa shape index (κ2) is 8.73. The summed E-state index contributed by atoms with van der Waals surface area (Å²) in [6.45, 7) is -0.564. The van der Waals surface area contributed by atoms with Gasteiger partial charge in [0.15, 0.2) is 18.1 Å². The molecule has 1 aliphatic rings. The van der Waals surface area contributed by atoms with Gasteiger partial charge in [-0.15, -0.1) is 0 Å². The summed E-state index contributed by atoms with van der Waals surface area (Å²) < 4.78 is 51.8. The summed E-state index contributed by atoms with van der Waals surface area (Å²) >= 11 is 0. The maximum absolute atomic E-state index is 12.2. The van der Waals surface area contributed by atoms with E-state index in [9.17, 15) is 18.0 Å². The van der Waals surface area contributed by atoms with Crippen LogP contribution in [0.15, 0.2) is 42.5 Å². The van der Waals surface area contributed by atoms with Crippen molar-refractivity contribution in [3.8, 4) is 17.2 Å². The second-order valence-corrected chi connectivity index (χ2v) is 6.10. The number of carbonyl (C=O) groups excluding carboxylic acids is 1. The molecule has 28 heavy (non-hydrogen) atoms. The van der Waals surface area contributed by atoms with Gasteiger partial charge in [-0.25, -0.2) is 4.79 Å². The van der Waals surface area contributed by atoms with Crippen molar-refractivity contribution in [1.82, 2.24) is 10.6 Å². The van der Waals surface area contributed by atoms with Crippen LogP contribution in [0, 0.1) is 0 Å². The lowest BCUT2D eigenvalue weighted by molar-refractivity contribution is -0.153. The highest BCUT2D eigenvalue weighted by Gasteiger charge is 2.28. The quantitative estimate of drug-likeness (QED) is 0.753. The Balaban J connectivity index is 1.39. The van der Waals surface area contributed by atoms with Crippen LogP contribution in [-0.4, -0.2) is 32.2 Å². The number of benzene rings is 2. The predicted molar refractivity (Wildman–Crippen MR) is 94.5 cm³/mol. The number of rotatable bonds is 7. The van der Waals surface area contributed by atoms with E-state index in [1.54, 1.807) is 12.1 Å². The summed E-state index contributed by atoms with van der Waals surface area (Å²) in [5.41, 5.74) is 1.63. The standard InChI is InChI=1S/C19H19F3N2O4/c20-19(21,22)11-26-15-3-1-2-14(8-15)10-24-18(25)23-7-6-13-4-5-16-17(9-13)28-12-27-16/h1-5,8-9H,6-7,10-12H2,(H2,23,24,25). The van der Waals surface area contributed by atoms with Gasteiger partial charge in [0.25, 0.3) is 0 Å². The molecule has 3 rings (SSSR count). The normalized spacial score (nSPS) is 12.5. The minimum absolute atomic E-state index is 0.0971. The number of amides is 2. The van der Waals surface area contributed by atoms with E-state index >= 15 is 0 Å². The summed E-state index contributed by atoms with van der Waals surface area (Å²) in [4.78, 5) is 11.9. The summed E-state index contributed by atoms with van der Waals surface area (Å²) in [5.74, 6) is 1.49. The third-order valence-corrected chi connectivity index (χ3v) is 3.89. The van der Waals surface area contributed by atoms with E-state index in [2.05, 4.69) is 10.6 Å². The number of alkyl halides is 3. The topological polar surface area (TPSA) is 68.8 Å². The van der Waals surface area contributed by atoms with Crippen LogP contribution in [0.3, 0.4) is 0 Å². The van der Waals surface area contributed by atoms with Crippen molar-refractivity contribution in [2.45, 2.75) is 19.1 Å². The smallest absolute Gasteiger partial charge is 0.422 e. The van der Waals surface area contributed by atoms with Crippen molar-refractivity contribution >= 4 is 6.03 Å². The van der Waals surface area contributed by atoms with Crippen LogP contribution in [-0.2, 0) is 13.0 Å². The number of urea groups is 1. The molecule has 0 bridgehead atoms. The van der Waals surface area contributed by atoms with Crippen LogP contribution in [0.1, 0.15) is 11.1 Å². The summed E-state index contributed by atoms with van der Waals surface area (Å²) in [6, 6.07) is 11.4. The lowest BCUT2D eigenvalue weighted by atomic mass is 10.1. The zero-order valence-corrected chi connectivity index (χ0v) is 14.8. The van der Waals surface area contributed by atoms with Crippen molar-refractivity contribution in [3.05, 3.63) is 53.6 Å². The first-order chi connectivity index (χ1) is 13.4. The molecule has 0 aliphatic carbocycles. The highest BCUT2D eigenvalue weighted by molar-refractivity contribution is 5.73. The SMILES string of the molecule is O=C(NCCc1ccc2c(c1)OCO2)NCc1cccc(OCC(F)(F)F)c1. The minimum Gasteiger partial charge on any atom is -0.484 e. The van der Waals surface area contributed by atoms with Gasteiger partial charge in [0.2, 0.25) is 6.79 Å². The monoisotopic (exact) mass is 396 g/mol. The maximum Gasteiger partial charge on any atom is 0.422 e. The molecule has 0 spiro atoms. The Hall–Kier alpha value is -3.10. The Morgan fingerprint density at radius 3 is 2.68 bits per heavy atom. The Kier molecular flexibility index (Phi) is 6.13. The van der Waals surface area contributed by atoms with Gasteiger partial charge in [-0.2, -0.15) is 13.2 Å². The number of fused-ring (bicyclic) bond motifs is 1. The number of nitrogens with one attached hydrogen (secondary N) is 2. The van der Waals surface area contributed by atoms with Crippen molar-refractivity contribution in [1.29, 1.82) is 0 Å². The Labute approximate surface area is 159 Å². The molecular formula is C19H19F3N2O4. The molecule has 0 atom stereocenters. The predicted octanol–water partition coefficient (Wildman–Crippen LogP) is 3.40. The first-order valence-electron chi connectivity index (χ1n) is 8.58. The average molecular weight is 396 g/mol. The fourth-order valence-electron chi connectivity index (χ4n) is 2.57. The molecule has 0 fully saturated rings. The molecule has 2 aromatic rings. The first kappa shape index (κ1) is 19.7. The molecule has 6 nitrogen and oxygen atoms in total. The van der Waals surface area contributed by atoms with Crippen LogP contribution < -0.4 is 24.8 Å². The van der Waals surface area contributed by atoms with Crippen LogP contribution in [0.5, 0.6) is 17.2 Å². The lowest BCUT2D eigenvalue weighted by Gasteiger charge is -2.11. The maximum atomic E-state index is 12.2. The molecular weight excluding hydrogens is 377 g/mol. The van der Waals surface area contributed by atoms with Gasteiger partial charge in [-0.05, 0) is 41.8 Å². The molecule has 0 aromatic heterocycles. The number of hydrogen-bond donors (Lipinski definition) is 2. The van der Waals surface area contributed by atoms with Gasteiger partial charge < -0.3 is 24.8 Å². The van der Waals surface area contributed by atoms with E-state index in [1.807, 2.05) is 18.2 Å². The van der Waals surface area contributed by atoms with Crippen molar-refractivity contribution in [3.63, 3.8) is 0 Å². The average Bonchev–Trinajstić information content (AvgIpc) is 3.12. The number of hydrogen-bond acceptors (Lipinski definition) is 4. The van der Waals surface area contributed by atoms with Gasteiger partial charge in [0, 0.05) is 13.1 Å². The summed E-state index contributed by atoms with van der Waals surface area (Å²) in [5, 5.41) is 5.38. The molecule has 2 N–H and O–H groups in total. The fourth-order valence-corrected chi connectivity index (χ4v) is 2.57. The van der Waals surface area contributed by atoms with E-state index in [1.165, 1.54) is 12.1 Å². The summed E-state index contributed by atoms with van der Waals surface area (Å²) in [6.07, 6.45) is -3.78. The van der Waals surface area contributed by atoms with Gasteiger partial charge in [-0.3, -0.25) is 0 Å². The van der Waals surface area contributed by atoms with Gasteiger partial charge in [0.05, 0.1) is 0 Å². The third-order valence-electron chi connectivity index (χ3n) is 3.89. The van der Waals surface area contributed by atoms with Gasteiger partial charge in [0.1, 0.15) is 5.75 Å². The van der Waals surface area contributed by atoms with Crippen LogP contribution in [0.25, 0.3) is 0 Å². The highest BCUT2D eigenvalue weighted by Crippen LogP contribution is 2.32. The molecule has 0 unspecified atom stereocenters.